The molecule has 0 amide bonds. The molecular formula is C11H22N2O2S. The molecule has 0 aromatic rings. The van der Waals surface area contributed by atoms with Crippen molar-refractivity contribution in [1.29, 1.82) is 0 Å². The topological polar surface area (TPSA) is 58.2 Å². The lowest BCUT2D eigenvalue weighted by molar-refractivity contribution is 0.377. The van der Waals surface area contributed by atoms with E-state index < -0.39 is 10.0 Å². The summed E-state index contributed by atoms with van der Waals surface area (Å²) in [7, 11) is -3.03. The summed E-state index contributed by atoms with van der Waals surface area (Å²) in [6, 6.07) is 0.635. The molecule has 1 saturated carbocycles. The maximum absolute atomic E-state index is 11.7. The van der Waals surface area contributed by atoms with E-state index in [1.54, 1.807) is 0 Å². The van der Waals surface area contributed by atoms with Gasteiger partial charge in [-0.2, -0.15) is 0 Å². The molecule has 1 aliphatic heterocycles. The first-order valence-corrected chi connectivity index (χ1v) is 8.04. The van der Waals surface area contributed by atoms with Gasteiger partial charge in [0.2, 0.25) is 10.0 Å². The quantitative estimate of drug-likeness (QED) is 0.760. The van der Waals surface area contributed by atoms with E-state index in [-0.39, 0.29) is 11.8 Å². The van der Waals surface area contributed by atoms with E-state index in [0.717, 1.165) is 38.6 Å². The van der Waals surface area contributed by atoms with Gasteiger partial charge in [-0.1, -0.05) is 12.8 Å². The Bertz CT molecular complexity index is 306. The van der Waals surface area contributed by atoms with E-state index in [4.69, 9.17) is 0 Å². The number of sulfonamides is 1. The first-order valence-electron chi connectivity index (χ1n) is 6.39. The fourth-order valence-electron chi connectivity index (χ4n) is 2.31. The van der Waals surface area contributed by atoms with Crippen LogP contribution in [0.15, 0.2) is 0 Å². The van der Waals surface area contributed by atoms with Crippen LogP contribution in [-0.4, -0.2) is 32.8 Å². The predicted octanol–water partition coefficient (Wildman–Crippen LogP) is 0.991. The number of hydrogen-bond acceptors (Lipinski definition) is 3. The normalized spacial score (nSPS) is 27.6. The molecule has 0 radical (unpaired) electrons. The Kier molecular flexibility index (Phi) is 4.21. The van der Waals surface area contributed by atoms with Crippen LogP contribution >= 0.6 is 0 Å². The molecule has 16 heavy (non-hydrogen) atoms. The van der Waals surface area contributed by atoms with Gasteiger partial charge >= 0.3 is 0 Å². The summed E-state index contributed by atoms with van der Waals surface area (Å²) in [6.07, 6.45) is 7.53. The van der Waals surface area contributed by atoms with E-state index >= 15 is 0 Å². The van der Waals surface area contributed by atoms with Crippen molar-refractivity contribution in [3.05, 3.63) is 0 Å². The molecule has 2 aliphatic rings. The second-order valence-electron chi connectivity index (χ2n) is 5.00. The van der Waals surface area contributed by atoms with E-state index in [0.29, 0.717) is 6.04 Å². The molecular weight excluding hydrogens is 224 g/mol. The Labute approximate surface area is 98.2 Å². The lowest BCUT2D eigenvalue weighted by Crippen LogP contribution is -2.42. The third kappa shape index (κ3) is 3.71. The number of hydrogen-bond donors (Lipinski definition) is 2. The van der Waals surface area contributed by atoms with E-state index in [2.05, 4.69) is 10.0 Å². The van der Waals surface area contributed by atoms with Crippen molar-refractivity contribution in [2.75, 3.05) is 12.3 Å². The molecule has 2 fully saturated rings. The highest BCUT2D eigenvalue weighted by atomic mass is 32.2. The van der Waals surface area contributed by atoms with Crippen molar-refractivity contribution in [2.45, 2.75) is 57.0 Å². The van der Waals surface area contributed by atoms with Crippen LogP contribution in [0.4, 0.5) is 0 Å². The van der Waals surface area contributed by atoms with Crippen LogP contribution in [0.1, 0.15) is 44.9 Å². The highest BCUT2D eigenvalue weighted by Gasteiger charge is 2.24. The van der Waals surface area contributed by atoms with Crippen molar-refractivity contribution < 1.29 is 8.42 Å². The first kappa shape index (κ1) is 12.3. The van der Waals surface area contributed by atoms with Crippen molar-refractivity contribution >= 4 is 10.0 Å². The van der Waals surface area contributed by atoms with E-state index in [9.17, 15) is 8.42 Å². The first-order chi connectivity index (χ1) is 7.66. The zero-order valence-corrected chi connectivity index (χ0v) is 10.6. The molecule has 5 heteroatoms. The Balaban J connectivity index is 1.70. The van der Waals surface area contributed by atoms with Gasteiger partial charge in [0, 0.05) is 12.1 Å². The fraction of sp³-hybridized carbons (Fsp3) is 1.00. The summed E-state index contributed by atoms with van der Waals surface area (Å²) < 4.78 is 26.3. The van der Waals surface area contributed by atoms with Crippen molar-refractivity contribution in [3.8, 4) is 0 Å². The van der Waals surface area contributed by atoms with Gasteiger partial charge in [0.05, 0.1) is 5.75 Å². The molecule has 1 unspecified atom stereocenters. The van der Waals surface area contributed by atoms with Crippen LogP contribution in [0, 0.1) is 0 Å². The molecule has 2 rings (SSSR count). The SMILES string of the molecule is O=S(=O)(CCC1CCCCN1)NC1CCC1. The minimum absolute atomic E-state index is 0.226. The Morgan fingerprint density at radius 2 is 1.94 bits per heavy atom. The maximum Gasteiger partial charge on any atom is 0.211 e. The van der Waals surface area contributed by atoms with Gasteiger partial charge in [0.1, 0.15) is 0 Å². The van der Waals surface area contributed by atoms with Gasteiger partial charge in [-0.15, -0.1) is 0 Å². The molecule has 1 heterocycles. The summed E-state index contributed by atoms with van der Waals surface area (Å²) >= 11 is 0. The fourth-order valence-corrected chi connectivity index (χ4v) is 3.76. The van der Waals surface area contributed by atoms with Gasteiger partial charge in [-0.25, -0.2) is 13.1 Å². The summed E-state index contributed by atoms with van der Waals surface area (Å²) in [5.41, 5.74) is 0. The number of piperidine rings is 1. The van der Waals surface area contributed by atoms with Crippen LogP contribution in [-0.2, 0) is 10.0 Å². The molecule has 4 nitrogen and oxygen atoms in total. The van der Waals surface area contributed by atoms with Crippen molar-refractivity contribution in [2.24, 2.45) is 0 Å². The highest BCUT2D eigenvalue weighted by molar-refractivity contribution is 7.89. The molecule has 0 bridgehead atoms. The molecule has 94 valence electrons. The third-order valence-electron chi connectivity index (χ3n) is 3.60. The van der Waals surface area contributed by atoms with Crippen LogP contribution in [0.3, 0.4) is 0 Å². The largest absolute Gasteiger partial charge is 0.314 e. The third-order valence-corrected chi connectivity index (χ3v) is 5.06. The van der Waals surface area contributed by atoms with Gasteiger partial charge in [0.25, 0.3) is 0 Å². The van der Waals surface area contributed by atoms with E-state index in [1.165, 1.54) is 12.8 Å². The average molecular weight is 246 g/mol. The second kappa shape index (κ2) is 5.47. The highest BCUT2D eigenvalue weighted by Crippen LogP contribution is 2.19. The molecule has 1 saturated heterocycles. The zero-order chi connectivity index (χ0) is 11.4. The van der Waals surface area contributed by atoms with Crippen LogP contribution in [0.2, 0.25) is 0 Å². The molecule has 0 spiro atoms. The van der Waals surface area contributed by atoms with Gasteiger partial charge in [-0.3, -0.25) is 0 Å². The maximum atomic E-state index is 11.7. The summed E-state index contributed by atoms with van der Waals surface area (Å²) in [4.78, 5) is 0. The molecule has 0 aromatic heterocycles. The Morgan fingerprint density at radius 1 is 1.12 bits per heavy atom. The lowest BCUT2D eigenvalue weighted by atomic mass is 9.94. The number of nitrogens with one attached hydrogen (secondary N) is 2. The van der Waals surface area contributed by atoms with Gasteiger partial charge < -0.3 is 5.32 Å². The smallest absolute Gasteiger partial charge is 0.211 e. The monoisotopic (exact) mass is 246 g/mol. The van der Waals surface area contributed by atoms with Crippen molar-refractivity contribution in [1.82, 2.24) is 10.0 Å². The molecule has 2 N–H and O–H groups in total. The minimum Gasteiger partial charge on any atom is -0.314 e. The lowest BCUT2D eigenvalue weighted by Gasteiger charge is -2.27. The Morgan fingerprint density at radius 3 is 2.50 bits per heavy atom. The predicted molar refractivity (Wildman–Crippen MR) is 64.8 cm³/mol. The molecule has 0 aromatic carbocycles. The zero-order valence-electron chi connectivity index (χ0n) is 9.74. The summed E-state index contributed by atoms with van der Waals surface area (Å²) in [6.45, 7) is 1.04. The van der Waals surface area contributed by atoms with Crippen LogP contribution in [0.5, 0.6) is 0 Å². The standard InChI is InChI=1S/C11H22N2O2S/c14-16(15,13-11-5-3-6-11)9-7-10-4-1-2-8-12-10/h10-13H,1-9H2. The second-order valence-corrected chi connectivity index (χ2v) is 6.87. The van der Waals surface area contributed by atoms with E-state index in [1.807, 2.05) is 0 Å². The molecule has 1 atom stereocenters. The van der Waals surface area contributed by atoms with Crippen molar-refractivity contribution in [3.63, 3.8) is 0 Å². The minimum atomic E-state index is -3.03. The van der Waals surface area contributed by atoms with Crippen LogP contribution < -0.4 is 10.0 Å². The van der Waals surface area contributed by atoms with Gasteiger partial charge in [-0.05, 0) is 38.6 Å². The van der Waals surface area contributed by atoms with Gasteiger partial charge in [0.15, 0.2) is 0 Å². The van der Waals surface area contributed by atoms with Crippen LogP contribution in [0.25, 0.3) is 0 Å². The average Bonchev–Trinajstić information content (AvgIpc) is 2.23. The molecule has 1 aliphatic carbocycles. The number of rotatable bonds is 5. The summed E-state index contributed by atoms with van der Waals surface area (Å²) in [5.74, 6) is 0.279. The Hall–Kier alpha value is -0.130. The summed E-state index contributed by atoms with van der Waals surface area (Å²) in [5, 5.41) is 3.38.